The third kappa shape index (κ3) is 5.77. The second-order valence-corrected chi connectivity index (χ2v) is 6.68. The van der Waals surface area contributed by atoms with Gasteiger partial charge in [-0.25, -0.2) is 0 Å². The van der Waals surface area contributed by atoms with Gasteiger partial charge in [-0.1, -0.05) is 6.07 Å². The van der Waals surface area contributed by atoms with Crippen molar-refractivity contribution >= 4 is 21.9 Å². The van der Waals surface area contributed by atoms with E-state index in [0.29, 0.717) is 6.54 Å². The second kappa shape index (κ2) is 9.46. The van der Waals surface area contributed by atoms with Crippen LogP contribution in [0.1, 0.15) is 23.4 Å². The molecule has 0 fully saturated rings. The molecule has 0 amide bonds. The lowest BCUT2D eigenvalue weighted by molar-refractivity contribution is 0.412. The van der Waals surface area contributed by atoms with Crippen molar-refractivity contribution in [3.63, 3.8) is 0 Å². The molecule has 0 radical (unpaired) electrons. The molecule has 1 heterocycles. The van der Waals surface area contributed by atoms with Gasteiger partial charge in [0.1, 0.15) is 5.75 Å². The van der Waals surface area contributed by atoms with E-state index in [4.69, 9.17) is 4.74 Å². The lowest BCUT2D eigenvalue weighted by Crippen LogP contribution is -2.37. The molecule has 0 aliphatic carbocycles. The Morgan fingerprint density at radius 3 is 2.68 bits per heavy atom. The number of hydrogen-bond donors (Lipinski definition) is 2. The van der Waals surface area contributed by atoms with Crippen LogP contribution in [-0.2, 0) is 13.1 Å². The fourth-order valence-corrected chi connectivity index (χ4v) is 3.15. The lowest BCUT2D eigenvalue weighted by Gasteiger charge is -2.13. The van der Waals surface area contributed by atoms with Gasteiger partial charge in [0.15, 0.2) is 5.96 Å². The number of halogens is 1. The zero-order chi connectivity index (χ0) is 18.2. The number of aryl methyl sites for hydroxylation is 3. The number of aromatic nitrogens is 2. The second-order valence-electron chi connectivity index (χ2n) is 5.83. The van der Waals surface area contributed by atoms with Crippen molar-refractivity contribution in [2.24, 2.45) is 4.99 Å². The largest absolute Gasteiger partial charge is 0.496 e. The molecule has 25 heavy (non-hydrogen) atoms. The molecule has 7 heteroatoms. The van der Waals surface area contributed by atoms with Crippen molar-refractivity contribution in [2.45, 2.75) is 33.4 Å². The van der Waals surface area contributed by atoms with E-state index in [-0.39, 0.29) is 0 Å². The predicted molar refractivity (Wildman–Crippen MR) is 105 cm³/mol. The first kappa shape index (κ1) is 19.3. The first-order valence-corrected chi connectivity index (χ1v) is 9.10. The van der Waals surface area contributed by atoms with Gasteiger partial charge in [0, 0.05) is 32.4 Å². The fourth-order valence-electron chi connectivity index (χ4n) is 2.56. The highest BCUT2D eigenvalue weighted by atomic mass is 79.9. The van der Waals surface area contributed by atoms with Gasteiger partial charge in [-0.3, -0.25) is 9.67 Å². The van der Waals surface area contributed by atoms with Crippen LogP contribution in [0.25, 0.3) is 0 Å². The molecule has 0 spiro atoms. The number of rotatable bonds is 7. The maximum atomic E-state index is 5.25. The topological polar surface area (TPSA) is 63.5 Å². The van der Waals surface area contributed by atoms with E-state index in [1.165, 1.54) is 5.69 Å². The Hall–Kier alpha value is -2.02. The Labute approximate surface area is 157 Å². The minimum atomic E-state index is 0.694. The van der Waals surface area contributed by atoms with Crippen molar-refractivity contribution in [1.29, 1.82) is 0 Å². The maximum absolute atomic E-state index is 5.25. The van der Waals surface area contributed by atoms with Crippen molar-refractivity contribution < 1.29 is 4.74 Å². The standard InChI is InChI=1S/C18H26BrN5O/c1-13-10-14(2)24(23-13)9-5-8-21-18(20-3)22-12-15-6-7-17(25-4)16(19)11-15/h6-7,10-11H,5,8-9,12H2,1-4H3,(H2,20,21,22). The van der Waals surface area contributed by atoms with E-state index in [1.807, 2.05) is 29.8 Å². The van der Waals surface area contributed by atoms with E-state index in [0.717, 1.165) is 46.9 Å². The molecule has 2 aromatic rings. The fraction of sp³-hybridized carbons (Fsp3) is 0.444. The quantitative estimate of drug-likeness (QED) is 0.420. The molecule has 0 aliphatic rings. The minimum absolute atomic E-state index is 0.694. The molecule has 0 unspecified atom stereocenters. The molecular weight excluding hydrogens is 382 g/mol. The molecule has 1 aromatic heterocycles. The SMILES string of the molecule is CN=C(NCCCn1nc(C)cc1C)NCc1ccc(OC)c(Br)c1. The van der Waals surface area contributed by atoms with Crippen molar-refractivity contribution in [3.05, 3.63) is 45.7 Å². The molecular formula is C18H26BrN5O. The molecule has 0 aliphatic heterocycles. The first-order valence-electron chi connectivity index (χ1n) is 8.31. The first-order chi connectivity index (χ1) is 12.0. The Morgan fingerprint density at radius 1 is 1.28 bits per heavy atom. The summed E-state index contributed by atoms with van der Waals surface area (Å²) in [5.74, 6) is 1.62. The number of ether oxygens (including phenoxy) is 1. The Morgan fingerprint density at radius 2 is 2.08 bits per heavy atom. The van der Waals surface area contributed by atoms with Crippen LogP contribution in [0, 0.1) is 13.8 Å². The van der Waals surface area contributed by atoms with Crippen LogP contribution in [0.4, 0.5) is 0 Å². The highest BCUT2D eigenvalue weighted by molar-refractivity contribution is 9.10. The highest BCUT2D eigenvalue weighted by Crippen LogP contribution is 2.25. The van der Waals surface area contributed by atoms with Crippen LogP contribution in [0.2, 0.25) is 0 Å². The molecule has 2 N–H and O–H groups in total. The minimum Gasteiger partial charge on any atom is -0.496 e. The third-order valence-corrected chi connectivity index (χ3v) is 4.46. The summed E-state index contributed by atoms with van der Waals surface area (Å²) < 4.78 is 8.24. The van der Waals surface area contributed by atoms with Gasteiger partial charge in [0.2, 0.25) is 0 Å². The van der Waals surface area contributed by atoms with E-state index >= 15 is 0 Å². The number of methoxy groups -OCH3 is 1. The van der Waals surface area contributed by atoms with Crippen LogP contribution in [-0.4, -0.2) is 36.4 Å². The van der Waals surface area contributed by atoms with Crippen LogP contribution < -0.4 is 15.4 Å². The molecule has 0 saturated carbocycles. The van der Waals surface area contributed by atoms with E-state index in [1.54, 1.807) is 14.2 Å². The van der Waals surface area contributed by atoms with Crippen molar-refractivity contribution in [3.8, 4) is 5.75 Å². The van der Waals surface area contributed by atoms with E-state index < -0.39 is 0 Å². The summed E-state index contributed by atoms with van der Waals surface area (Å²) in [6.45, 7) is 6.53. The van der Waals surface area contributed by atoms with Crippen molar-refractivity contribution in [2.75, 3.05) is 20.7 Å². The smallest absolute Gasteiger partial charge is 0.191 e. The van der Waals surface area contributed by atoms with Gasteiger partial charge >= 0.3 is 0 Å². The zero-order valence-corrected chi connectivity index (χ0v) is 16.9. The molecule has 0 bridgehead atoms. The zero-order valence-electron chi connectivity index (χ0n) is 15.3. The molecule has 2 rings (SSSR count). The van der Waals surface area contributed by atoms with Crippen LogP contribution in [0.5, 0.6) is 5.75 Å². The Balaban J connectivity index is 1.75. The molecule has 6 nitrogen and oxygen atoms in total. The van der Waals surface area contributed by atoms with Crippen LogP contribution in [0.3, 0.4) is 0 Å². The summed E-state index contributed by atoms with van der Waals surface area (Å²) in [6, 6.07) is 8.13. The summed E-state index contributed by atoms with van der Waals surface area (Å²) in [5.41, 5.74) is 3.41. The van der Waals surface area contributed by atoms with Gasteiger partial charge in [0.05, 0.1) is 17.3 Å². The van der Waals surface area contributed by atoms with E-state index in [9.17, 15) is 0 Å². The number of nitrogens with one attached hydrogen (secondary N) is 2. The average molecular weight is 408 g/mol. The summed E-state index contributed by atoms with van der Waals surface area (Å²) in [6.07, 6.45) is 0.983. The Bertz CT molecular complexity index is 726. The Kier molecular flexibility index (Phi) is 7.31. The van der Waals surface area contributed by atoms with Crippen LogP contribution >= 0.6 is 15.9 Å². The monoisotopic (exact) mass is 407 g/mol. The van der Waals surface area contributed by atoms with Crippen LogP contribution in [0.15, 0.2) is 33.7 Å². The molecule has 1 aromatic carbocycles. The molecule has 136 valence electrons. The maximum Gasteiger partial charge on any atom is 0.191 e. The van der Waals surface area contributed by atoms with Crippen molar-refractivity contribution in [1.82, 2.24) is 20.4 Å². The van der Waals surface area contributed by atoms with E-state index in [2.05, 4.69) is 49.6 Å². The predicted octanol–water partition coefficient (Wildman–Crippen LogP) is 3.03. The normalized spacial score (nSPS) is 11.5. The summed E-state index contributed by atoms with van der Waals surface area (Å²) >= 11 is 3.51. The number of aliphatic imine (C=N–C) groups is 1. The van der Waals surface area contributed by atoms with Gasteiger partial charge in [0.25, 0.3) is 0 Å². The van der Waals surface area contributed by atoms with Gasteiger partial charge in [-0.05, 0) is 60.0 Å². The van der Waals surface area contributed by atoms with Gasteiger partial charge in [-0.15, -0.1) is 0 Å². The van der Waals surface area contributed by atoms with Gasteiger partial charge < -0.3 is 15.4 Å². The lowest BCUT2D eigenvalue weighted by atomic mass is 10.2. The summed E-state index contributed by atoms with van der Waals surface area (Å²) in [4.78, 5) is 4.26. The number of hydrogen-bond acceptors (Lipinski definition) is 3. The molecule has 0 atom stereocenters. The highest BCUT2D eigenvalue weighted by Gasteiger charge is 2.04. The third-order valence-electron chi connectivity index (χ3n) is 3.84. The average Bonchev–Trinajstić information content (AvgIpc) is 2.91. The summed E-state index contributed by atoms with van der Waals surface area (Å²) in [5, 5.41) is 11.1. The summed E-state index contributed by atoms with van der Waals surface area (Å²) in [7, 11) is 3.44. The number of guanidine groups is 1. The molecule has 0 saturated heterocycles. The number of benzene rings is 1. The van der Waals surface area contributed by atoms with Gasteiger partial charge in [-0.2, -0.15) is 5.10 Å². The number of nitrogens with zero attached hydrogens (tertiary/aromatic N) is 3.